The van der Waals surface area contributed by atoms with Crippen LogP contribution in [0.4, 0.5) is 5.69 Å². The van der Waals surface area contributed by atoms with Crippen molar-refractivity contribution < 1.29 is 9.72 Å². The van der Waals surface area contributed by atoms with Gasteiger partial charge in [-0.25, -0.2) is 4.98 Å². The highest BCUT2D eigenvalue weighted by Crippen LogP contribution is 2.24. The quantitative estimate of drug-likeness (QED) is 0.548. The number of nitro groups is 1. The Kier molecular flexibility index (Phi) is 4.79. The molecule has 0 bridgehead atoms. The summed E-state index contributed by atoms with van der Waals surface area (Å²) in [5.74, 6) is -0.365. The fraction of sp³-hybridized carbons (Fsp3) is 0.118. The third-order valence-corrected chi connectivity index (χ3v) is 3.61. The average molecular weight is 337 g/mol. The van der Waals surface area contributed by atoms with Crippen LogP contribution in [0.1, 0.15) is 16.1 Å². The van der Waals surface area contributed by atoms with E-state index in [0.717, 1.165) is 5.69 Å². The molecule has 3 aromatic rings. The Hall–Kier alpha value is -3.55. The van der Waals surface area contributed by atoms with E-state index in [1.165, 1.54) is 29.2 Å². The first-order chi connectivity index (χ1) is 12.1. The number of hydrogen-bond acceptors (Lipinski definition) is 5. The van der Waals surface area contributed by atoms with Gasteiger partial charge in [0.25, 0.3) is 11.6 Å². The van der Waals surface area contributed by atoms with Crippen molar-refractivity contribution in [1.29, 1.82) is 0 Å². The van der Waals surface area contributed by atoms with Crippen LogP contribution < -0.4 is 5.32 Å². The summed E-state index contributed by atoms with van der Waals surface area (Å²) in [4.78, 5) is 31.1. The van der Waals surface area contributed by atoms with Crippen molar-refractivity contribution in [1.82, 2.24) is 19.9 Å². The zero-order chi connectivity index (χ0) is 17.6. The van der Waals surface area contributed by atoms with E-state index < -0.39 is 4.92 Å². The van der Waals surface area contributed by atoms with Gasteiger partial charge in [-0.2, -0.15) is 0 Å². The number of benzene rings is 1. The molecule has 1 N–H and O–H groups in total. The van der Waals surface area contributed by atoms with Crippen molar-refractivity contribution in [3.63, 3.8) is 0 Å². The smallest absolute Gasteiger partial charge is 0.294 e. The molecule has 1 aromatic carbocycles. The van der Waals surface area contributed by atoms with Gasteiger partial charge >= 0.3 is 0 Å². The molecular weight excluding hydrogens is 322 g/mol. The Labute approximate surface area is 143 Å². The normalized spacial score (nSPS) is 10.4. The second kappa shape index (κ2) is 7.35. The molecular formula is C17H15N5O3. The SMILES string of the molecule is O=C(NCCc1ccccn1)c1ccc(-n2ccnc2)c([N+](=O)[O-])c1. The zero-order valence-corrected chi connectivity index (χ0v) is 13.2. The largest absolute Gasteiger partial charge is 0.352 e. The molecule has 0 aliphatic carbocycles. The second-order valence-electron chi connectivity index (χ2n) is 5.26. The van der Waals surface area contributed by atoms with Crippen LogP contribution >= 0.6 is 0 Å². The van der Waals surface area contributed by atoms with Crippen LogP contribution in [-0.2, 0) is 6.42 Å². The summed E-state index contributed by atoms with van der Waals surface area (Å²) >= 11 is 0. The summed E-state index contributed by atoms with van der Waals surface area (Å²) in [6.07, 6.45) is 6.88. The number of pyridine rings is 1. The topological polar surface area (TPSA) is 103 Å². The van der Waals surface area contributed by atoms with Crippen molar-refractivity contribution in [2.45, 2.75) is 6.42 Å². The number of rotatable bonds is 6. The van der Waals surface area contributed by atoms with Crippen LogP contribution in [0.2, 0.25) is 0 Å². The Morgan fingerprint density at radius 3 is 2.80 bits per heavy atom. The van der Waals surface area contributed by atoms with Gasteiger partial charge in [0.05, 0.1) is 11.3 Å². The summed E-state index contributed by atoms with van der Waals surface area (Å²) in [6, 6.07) is 9.93. The van der Waals surface area contributed by atoms with E-state index in [9.17, 15) is 14.9 Å². The second-order valence-corrected chi connectivity index (χ2v) is 5.26. The van der Waals surface area contributed by atoms with Crippen LogP contribution in [0, 0.1) is 10.1 Å². The lowest BCUT2D eigenvalue weighted by Gasteiger charge is -2.08. The van der Waals surface area contributed by atoms with Crippen LogP contribution in [0.25, 0.3) is 5.69 Å². The molecule has 8 nitrogen and oxygen atoms in total. The Morgan fingerprint density at radius 1 is 1.24 bits per heavy atom. The van der Waals surface area contributed by atoms with E-state index in [4.69, 9.17) is 0 Å². The van der Waals surface area contributed by atoms with Gasteiger partial charge in [0.1, 0.15) is 5.69 Å². The Bertz CT molecular complexity index is 879. The first kappa shape index (κ1) is 16.3. The lowest BCUT2D eigenvalue weighted by atomic mass is 10.1. The standard InChI is InChI=1S/C17H15N5O3/c23-17(20-8-6-14-3-1-2-7-19-14)13-4-5-15(16(11-13)22(24)25)21-10-9-18-12-21/h1-5,7,9-12H,6,8H2,(H,20,23). The molecule has 0 fully saturated rings. The number of aromatic nitrogens is 3. The molecule has 0 aliphatic heterocycles. The molecule has 126 valence electrons. The molecule has 0 aliphatic rings. The van der Waals surface area contributed by atoms with Gasteiger partial charge in [-0.3, -0.25) is 19.9 Å². The van der Waals surface area contributed by atoms with Crippen molar-refractivity contribution in [2.24, 2.45) is 0 Å². The maximum Gasteiger partial charge on any atom is 0.294 e. The van der Waals surface area contributed by atoms with E-state index in [2.05, 4.69) is 15.3 Å². The number of carbonyl (C=O) groups excluding carboxylic acids is 1. The molecule has 0 radical (unpaired) electrons. The predicted octanol–water partition coefficient (Wildman–Crippen LogP) is 2.15. The average Bonchev–Trinajstić information content (AvgIpc) is 3.16. The Morgan fingerprint density at radius 2 is 2.12 bits per heavy atom. The highest BCUT2D eigenvalue weighted by atomic mass is 16.6. The zero-order valence-electron chi connectivity index (χ0n) is 13.2. The Balaban J connectivity index is 1.72. The minimum absolute atomic E-state index is 0.157. The fourth-order valence-electron chi connectivity index (χ4n) is 2.38. The summed E-state index contributed by atoms with van der Waals surface area (Å²) < 4.78 is 1.53. The molecule has 0 saturated carbocycles. The number of nitrogens with one attached hydrogen (secondary N) is 1. The van der Waals surface area contributed by atoms with Crippen LogP contribution in [0.3, 0.4) is 0 Å². The predicted molar refractivity (Wildman–Crippen MR) is 90.5 cm³/mol. The van der Waals surface area contributed by atoms with Crippen LogP contribution in [0.15, 0.2) is 61.3 Å². The van der Waals surface area contributed by atoms with Crippen molar-refractivity contribution in [3.8, 4) is 5.69 Å². The van der Waals surface area contributed by atoms with Gasteiger partial charge in [-0.05, 0) is 24.3 Å². The number of nitro benzene ring substituents is 1. The molecule has 0 saturated heterocycles. The van der Waals surface area contributed by atoms with Crippen molar-refractivity contribution in [2.75, 3.05) is 6.54 Å². The van der Waals surface area contributed by atoms with Crippen LogP contribution in [-0.4, -0.2) is 31.9 Å². The highest BCUT2D eigenvalue weighted by molar-refractivity contribution is 5.95. The minimum atomic E-state index is -0.514. The molecule has 8 heteroatoms. The first-order valence-corrected chi connectivity index (χ1v) is 7.60. The summed E-state index contributed by atoms with van der Waals surface area (Å²) in [7, 11) is 0. The van der Waals surface area contributed by atoms with Crippen molar-refractivity contribution >= 4 is 11.6 Å². The lowest BCUT2D eigenvalue weighted by Crippen LogP contribution is -2.26. The summed E-state index contributed by atoms with van der Waals surface area (Å²) in [5, 5.41) is 14.1. The summed E-state index contributed by atoms with van der Waals surface area (Å²) in [6.45, 7) is 0.396. The first-order valence-electron chi connectivity index (χ1n) is 7.60. The maximum absolute atomic E-state index is 12.2. The van der Waals surface area contributed by atoms with E-state index in [-0.39, 0.29) is 17.2 Å². The number of nitrogens with zero attached hydrogens (tertiary/aromatic N) is 4. The third kappa shape index (κ3) is 3.86. The van der Waals surface area contributed by atoms with E-state index in [0.29, 0.717) is 18.7 Å². The fourth-order valence-corrected chi connectivity index (χ4v) is 2.38. The number of imidazole rings is 1. The molecule has 3 rings (SSSR count). The molecule has 1 amide bonds. The molecule has 0 unspecified atom stereocenters. The van der Waals surface area contributed by atoms with E-state index in [1.54, 1.807) is 18.5 Å². The monoisotopic (exact) mass is 337 g/mol. The van der Waals surface area contributed by atoms with Crippen LogP contribution in [0.5, 0.6) is 0 Å². The molecule has 2 aromatic heterocycles. The van der Waals surface area contributed by atoms with E-state index >= 15 is 0 Å². The van der Waals surface area contributed by atoms with Crippen molar-refractivity contribution in [3.05, 3.63) is 82.7 Å². The van der Waals surface area contributed by atoms with Gasteiger partial charge in [0, 0.05) is 48.9 Å². The van der Waals surface area contributed by atoms with Gasteiger partial charge < -0.3 is 9.88 Å². The van der Waals surface area contributed by atoms with Gasteiger partial charge in [-0.15, -0.1) is 0 Å². The van der Waals surface area contributed by atoms with Gasteiger partial charge in [-0.1, -0.05) is 6.07 Å². The number of carbonyl (C=O) groups is 1. The molecule has 2 heterocycles. The maximum atomic E-state index is 12.2. The summed E-state index contributed by atoms with van der Waals surface area (Å²) in [5.41, 5.74) is 1.30. The minimum Gasteiger partial charge on any atom is -0.352 e. The number of amides is 1. The van der Waals surface area contributed by atoms with E-state index in [1.807, 2.05) is 18.2 Å². The van der Waals surface area contributed by atoms with Gasteiger partial charge in [0.2, 0.25) is 0 Å². The molecule has 25 heavy (non-hydrogen) atoms. The molecule has 0 spiro atoms. The molecule has 0 atom stereocenters. The third-order valence-electron chi connectivity index (χ3n) is 3.61. The highest BCUT2D eigenvalue weighted by Gasteiger charge is 2.18. The van der Waals surface area contributed by atoms with Gasteiger partial charge in [0.15, 0.2) is 0 Å². The lowest BCUT2D eigenvalue weighted by molar-refractivity contribution is -0.384. The number of hydrogen-bond donors (Lipinski definition) is 1.